The van der Waals surface area contributed by atoms with E-state index in [0.717, 1.165) is 22.2 Å². The number of nitrogen functional groups attached to an aromatic ring is 2. The van der Waals surface area contributed by atoms with Crippen molar-refractivity contribution >= 4 is 22.7 Å². The molecule has 3 aromatic carbocycles. The molecule has 0 radical (unpaired) electrons. The number of nitrogens with zero attached hydrogens (tertiary/aromatic N) is 2. The number of benzene rings is 3. The molecule has 4 rings (SSSR count). The minimum atomic E-state index is -0.0949. The van der Waals surface area contributed by atoms with E-state index in [4.69, 9.17) is 22.3 Å². The average molecular weight is 398 g/mol. The number of fused-ring (bicyclic) bond motifs is 1. The molecule has 0 unspecified atom stereocenters. The van der Waals surface area contributed by atoms with Gasteiger partial charge in [0.05, 0.1) is 24.1 Å². The normalized spacial score (nSPS) is 10.9. The predicted molar refractivity (Wildman–Crippen MR) is 119 cm³/mol. The Morgan fingerprint density at radius 1 is 0.667 bits per heavy atom. The third-order valence-corrected chi connectivity index (χ3v) is 5.14. The number of aromatic nitrogens is 2. The summed E-state index contributed by atoms with van der Waals surface area (Å²) in [5, 5.41) is 15.0. The molecular weight excluding hydrogens is 376 g/mol. The van der Waals surface area contributed by atoms with Crippen molar-refractivity contribution in [1.29, 1.82) is 10.8 Å². The minimum Gasteiger partial charge on any atom is -0.384 e. The van der Waals surface area contributed by atoms with Crippen molar-refractivity contribution in [2.45, 2.75) is 13.1 Å². The SMILES string of the molecule is N=C(N)c1ccc(Cn2c(=O)n(Cc3ccc(C(=N)N)cc3)c3ccccc32)cc1. The molecule has 0 saturated heterocycles. The highest BCUT2D eigenvalue weighted by atomic mass is 16.1. The summed E-state index contributed by atoms with van der Waals surface area (Å²) in [4.78, 5) is 13.3. The summed E-state index contributed by atoms with van der Waals surface area (Å²) in [5.74, 6) is 0.0391. The van der Waals surface area contributed by atoms with E-state index in [1.54, 1.807) is 33.4 Å². The number of amidine groups is 2. The molecule has 7 heteroatoms. The quantitative estimate of drug-likeness (QED) is 0.294. The molecule has 0 fully saturated rings. The van der Waals surface area contributed by atoms with E-state index in [-0.39, 0.29) is 17.4 Å². The first-order valence-corrected chi connectivity index (χ1v) is 9.49. The number of rotatable bonds is 6. The van der Waals surface area contributed by atoms with E-state index < -0.39 is 0 Å². The highest BCUT2D eigenvalue weighted by Gasteiger charge is 2.14. The molecule has 0 saturated carbocycles. The predicted octanol–water partition coefficient (Wildman–Crippen LogP) is 2.47. The molecule has 1 aromatic heterocycles. The van der Waals surface area contributed by atoms with Gasteiger partial charge in [0, 0.05) is 11.1 Å². The largest absolute Gasteiger partial charge is 0.384 e. The number of para-hydroxylation sites is 2. The molecular formula is C23H22N6O. The Morgan fingerprint density at radius 2 is 1.03 bits per heavy atom. The summed E-state index contributed by atoms with van der Waals surface area (Å²) in [7, 11) is 0. The molecule has 4 aromatic rings. The van der Waals surface area contributed by atoms with Gasteiger partial charge in [-0.1, -0.05) is 60.7 Å². The Labute approximate surface area is 173 Å². The van der Waals surface area contributed by atoms with Gasteiger partial charge in [0.25, 0.3) is 0 Å². The molecule has 6 N–H and O–H groups in total. The first-order valence-electron chi connectivity index (χ1n) is 9.49. The lowest BCUT2D eigenvalue weighted by Gasteiger charge is -2.06. The monoisotopic (exact) mass is 398 g/mol. The molecule has 0 atom stereocenters. The number of hydrogen-bond acceptors (Lipinski definition) is 3. The van der Waals surface area contributed by atoms with Crippen LogP contribution in [-0.2, 0) is 13.1 Å². The van der Waals surface area contributed by atoms with Gasteiger partial charge in [0.2, 0.25) is 0 Å². The van der Waals surface area contributed by atoms with Crippen molar-refractivity contribution in [2.75, 3.05) is 0 Å². The lowest BCUT2D eigenvalue weighted by molar-refractivity contribution is 0.701. The number of nitrogens with one attached hydrogen (secondary N) is 2. The van der Waals surface area contributed by atoms with Gasteiger partial charge in [-0.25, -0.2) is 4.79 Å². The summed E-state index contributed by atoms with van der Waals surface area (Å²) >= 11 is 0. The van der Waals surface area contributed by atoms with Gasteiger partial charge in [0.15, 0.2) is 0 Å². The van der Waals surface area contributed by atoms with Crippen LogP contribution in [0.2, 0.25) is 0 Å². The fourth-order valence-electron chi connectivity index (χ4n) is 3.52. The molecule has 1 heterocycles. The zero-order chi connectivity index (χ0) is 21.3. The van der Waals surface area contributed by atoms with Crippen molar-refractivity contribution in [3.05, 3.63) is 106 Å². The highest BCUT2D eigenvalue weighted by molar-refractivity contribution is 5.95. The zero-order valence-electron chi connectivity index (χ0n) is 16.3. The van der Waals surface area contributed by atoms with Crippen LogP contribution in [0.1, 0.15) is 22.3 Å². The van der Waals surface area contributed by atoms with E-state index in [1.807, 2.05) is 48.5 Å². The van der Waals surface area contributed by atoms with Crippen LogP contribution in [0.25, 0.3) is 11.0 Å². The second kappa shape index (κ2) is 7.71. The first kappa shape index (κ1) is 19.2. The summed E-state index contributed by atoms with van der Waals surface area (Å²) in [6, 6.07) is 22.4. The molecule has 0 aliphatic rings. The maximum atomic E-state index is 13.3. The van der Waals surface area contributed by atoms with Crippen molar-refractivity contribution in [3.8, 4) is 0 Å². The van der Waals surface area contributed by atoms with E-state index in [2.05, 4.69) is 0 Å². The van der Waals surface area contributed by atoms with Gasteiger partial charge in [-0.3, -0.25) is 20.0 Å². The maximum Gasteiger partial charge on any atom is 0.329 e. The van der Waals surface area contributed by atoms with Gasteiger partial charge in [-0.15, -0.1) is 0 Å². The highest BCUT2D eigenvalue weighted by Crippen LogP contribution is 2.17. The third-order valence-electron chi connectivity index (χ3n) is 5.14. The Kier molecular flexibility index (Phi) is 4.93. The lowest BCUT2D eigenvalue weighted by Crippen LogP contribution is -2.25. The zero-order valence-corrected chi connectivity index (χ0v) is 16.3. The summed E-state index contributed by atoms with van der Waals surface area (Å²) < 4.78 is 3.50. The first-order chi connectivity index (χ1) is 14.4. The minimum absolute atomic E-state index is 0.0195. The lowest BCUT2D eigenvalue weighted by atomic mass is 10.1. The molecule has 30 heavy (non-hydrogen) atoms. The van der Waals surface area contributed by atoms with E-state index in [0.29, 0.717) is 24.2 Å². The summed E-state index contributed by atoms with van der Waals surface area (Å²) in [5.41, 5.74) is 15.9. The Balaban J connectivity index is 1.71. The van der Waals surface area contributed by atoms with Crippen molar-refractivity contribution in [1.82, 2.24) is 9.13 Å². The summed E-state index contributed by atoms with van der Waals surface area (Å²) in [6.45, 7) is 0.849. The van der Waals surface area contributed by atoms with Crippen LogP contribution >= 0.6 is 0 Å². The average Bonchev–Trinajstić information content (AvgIpc) is 3.00. The topological polar surface area (TPSA) is 127 Å². The molecule has 0 aliphatic heterocycles. The van der Waals surface area contributed by atoms with Gasteiger partial charge in [0.1, 0.15) is 11.7 Å². The van der Waals surface area contributed by atoms with E-state index in [1.165, 1.54) is 0 Å². The molecule has 0 aliphatic carbocycles. The van der Waals surface area contributed by atoms with Crippen LogP contribution in [0.15, 0.2) is 77.6 Å². The van der Waals surface area contributed by atoms with Crippen LogP contribution < -0.4 is 17.2 Å². The standard InChI is InChI=1S/C23H22N6O/c24-21(25)17-9-5-15(6-10-17)13-28-19-3-1-2-4-20(19)29(23(28)30)14-16-7-11-18(12-8-16)22(26)27/h1-12H,13-14H2,(H3,24,25)(H3,26,27). The van der Waals surface area contributed by atoms with Crippen LogP contribution in [0.4, 0.5) is 0 Å². The van der Waals surface area contributed by atoms with Crippen molar-refractivity contribution < 1.29 is 0 Å². The maximum absolute atomic E-state index is 13.3. The van der Waals surface area contributed by atoms with Crippen LogP contribution in [-0.4, -0.2) is 20.8 Å². The molecule has 0 bridgehead atoms. The van der Waals surface area contributed by atoms with Gasteiger partial charge in [-0.2, -0.15) is 0 Å². The van der Waals surface area contributed by atoms with Gasteiger partial charge >= 0.3 is 5.69 Å². The van der Waals surface area contributed by atoms with Crippen molar-refractivity contribution in [2.24, 2.45) is 11.5 Å². The van der Waals surface area contributed by atoms with Crippen LogP contribution in [0.3, 0.4) is 0 Å². The second-order valence-corrected chi connectivity index (χ2v) is 7.16. The molecule has 150 valence electrons. The smallest absolute Gasteiger partial charge is 0.329 e. The molecule has 7 nitrogen and oxygen atoms in total. The second-order valence-electron chi connectivity index (χ2n) is 7.16. The fraction of sp³-hybridized carbons (Fsp3) is 0.0870. The van der Waals surface area contributed by atoms with Crippen LogP contribution in [0, 0.1) is 10.8 Å². The number of hydrogen-bond donors (Lipinski definition) is 4. The third kappa shape index (κ3) is 3.60. The van der Waals surface area contributed by atoms with Crippen molar-refractivity contribution in [3.63, 3.8) is 0 Å². The Hall–Kier alpha value is -4.13. The van der Waals surface area contributed by atoms with E-state index in [9.17, 15) is 4.79 Å². The Morgan fingerprint density at radius 3 is 1.37 bits per heavy atom. The Bertz CT molecular complexity index is 1200. The van der Waals surface area contributed by atoms with Crippen LogP contribution in [0.5, 0.6) is 0 Å². The number of imidazole rings is 1. The molecule has 0 amide bonds. The molecule has 0 spiro atoms. The summed E-state index contributed by atoms with van der Waals surface area (Å²) in [6.07, 6.45) is 0. The fourth-order valence-corrected chi connectivity index (χ4v) is 3.52. The number of nitrogens with two attached hydrogens (primary N) is 2. The van der Waals surface area contributed by atoms with Gasteiger partial charge < -0.3 is 11.5 Å². The van der Waals surface area contributed by atoms with E-state index >= 15 is 0 Å². The van der Waals surface area contributed by atoms with Gasteiger partial charge in [-0.05, 0) is 23.3 Å².